The van der Waals surface area contributed by atoms with Gasteiger partial charge in [0, 0.05) is 32.3 Å². The molecule has 7 aromatic carbocycles. The highest BCUT2D eigenvalue weighted by Crippen LogP contribution is 2.40. The summed E-state index contributed by atoms with van der Waals surface area (Å²) in [6.07, 6.45) is 0. The van der Waals surface area contributed by atoms with Crippen LogP contribution in [0, 0.1) is 0 Å². The van der Waals surface area contributed by atoms with E-state index >= 15 is 0 Å². The summed E-state index contributed by atoms with van der Waals surface area (Å²) in [6.45, 7) is 0. The van der Waals surface area contributed by atoms with Crippen molar-refractivity contribution >= 4 is 42.4 Å². The smallest absolute Gasteiger partial charge is 0.160 e. The van der Waals surface area contributed by atoms with Crippen molar-refractivity contribution in [3.63, 3.8) is 0 Å². The Kier molecular flexibility index (Phi) is 7.67. The minimum absolute atomic E-state index is 0.727. The standard InChI is InChI=1S/C49H31N3S/c1-3-13-35(14-4-1)43-30-41(31-44(50-43)39-27-26-32-12-7-8-17-37(32)28-39)34-24-22-33(23-25-34)38-18-11-19-40(29-38)49-51-46(36-15-5-2-6-16-36)48-47(52-49)42-20-9-10-21-45(42)53-48/h1-31H. The molecule has 0 unspecified atom stereocenters. The van der Waals surface area contributed by atoms with Gasteiger partial charge in [0.25, 0.3) is 0 Å². The van der Waals surface area contributed by atoms with Crippen LogP contribution in [0.3, 0.4) is 0 Å². The molecule has 3 aromatic heterocycles. The molecule has 0 amide bonds. The monoisotopic (exact) mass is 693 g/mol. The number of rotatable bonds is 6. The molecule has 3 heterocycles. The number of pyridine rings is 1. The van der Waals surface area contributed by atoms with Crippen molar-refractivity contribution in [2.75, 3.05) is 0 Å². The molecule has 53 heavy (non-hydrogen) atoms. The number of hydrogen-bond donors (Lipinski definition) is 0. The summed E-state index contributed by atoms with van der Waals surface area (Å²) < 4.78 is 2.33. The Bertz CT molecular complexity index is 2930. The predicted molar refractivity (Wildman–Crippen MR) is 223 cm³/mol. The third-order valence-corrected chi connectivity index (χ3v) is 11.0. The maximum Gasteiger partial charge on any atom is 0.160 e. The van der Waals surface area contributed by atoms with Crippen LogP contribution in [-0.4, -0.2) is 15.0 Å². The van der Waals surface area contributed by atoms with Gasteiger partial charge in [-0.15, -0.1) is 11.3 Å². The molecular weight excluding hydrogens is 663 g/mol. The van der Waals surface area contributed by atoms with E-state index in [0.29, 0.717) is 0 Å². The van der Waals surface area contributed by atoms with Gasteiger partial charge in [-0.3, -0.25) is 0 Å². The van der Waals surface area contributed by atoms with E-state index in [2.05, 4.69) is 176 Å². The molecule has 0 N–H and O–H groups in total. The average molecular weight is 694 g/mol. The number of nitrogens with zero attached hydrogens (tertiary/aromatic N) is 3. The number of aromatic nitrogens is 3. The molecule has 0 atom stereocenters. The first-order valence-corrected chi connectivity index (χ1v) is 18.6. The summed E-state index contributed by atoms with van der Waals surface area (Å²) in [5.74, 6) is 0.727. The van der Waals surface area contributed by atoms with Gasteiger partial charge in [-0.2, -0.15) is 0 Å². The Labute approximate surface area is 311 Å². The zero-order chi connectivity index (χ0) is 35.1. The lowest BCUT2D eigenvalue weighted by Gasteiger charge is -2.12. The van der Waals surface area contributed by atoms with Gasteiger partial charge in [0.15, 0.2) is 5.82 Å². The van der Waals surface area contributed by atoms with Crippen molar-refractivity contribution in [2.45, 2.75) is 0 Å². The minimum Gasteiger partial charge on any atom is -0.248 e. The molecule has 0 fully saturated rings. The maximum absolute atomic E-state index is 5.20. The number of thiophene rings is 1. The van der Waals surface area contributed by atoms with Crippen LogP contribution in [0.1, 0.15) is 0 Å². The van der Waals surface area contributed by atoms with Gasteiger partial charge < -0.3 is 0 Å². The van der Waals surface area contributed by atoms with Crippen molar-refractivity contribution < 1.29 is 0 Å². The molecule has 0 aliphatic carbocycles. The van der Waals surface area contributed by atoms with E-state index in [1.54, 1.807) is 11.3 Å². The average Bonchev–Trinajstić information content (AvgIpc) is 3.62. The van der Waals surface area contributed by atoms with E-state index in [-0.39, 0.29) is 0 Å². The van der Waals surface area contributed by atoms with Gasteiger partial charge in [0.2, 0.25) is 0 Å². The van der Waals surface area contributed by atoms with Crippen molar-refractivity contribution in [2.24, 2.45) is 0 Å². The van der Waals surface area contributed by atoms with Gasteiger partial charge >= 0.3 is 0 Å². The molecule has 0 aliphatic heterocycles. The molecule has 0 saturated carbocycles. The number of fused-ring (bicyclic) bond motifs is 4. The van der Waals surface area contributed by atoms with Crippen LogP contribution in [0.25, 0.3) is 98.5 Å². The van der Waals surface area contributed by atoms with Crippen LogP contribution in [0.2, 0.25) is 0 Å². The normalized spacial score (nSPS) is 11.4. The quantitative estimate of drug-likeness (QED) is 0.174. The molecule has 4 heteroatoms. The fourth-order valence-electron chi connectivity index (χ4n) is 7.16. The summed E-state index contributed by atoms with van der Waals surface area (Å²) >= 11 is 1.76. The molecule has 248 valence electrons. The fraction of sp³-hybridized carbons (Fsp3) is 0. The van der Waals surface area contributed by atoms with Crippen LogP contribution in [0.4, 0.5) is 0 Å². The minimum atomic E-state index is 0.727. The summed E-state index contributed by atoms with van der Waals surface area (Å²) in [7, 11) is 0. The second-order valence-electron chi connectivity index (χ2n) is 13.3. The van der Waals surface area contributed by atoms with Crippen molar-refractivity contribution in [3.8, 4) is 67.4 Å². The third-order valence-electron chi connectivity index (χ3n) is 9.88. The van der Waals surface area contributed by atoms with Crippen molar-refractivity contribution in [1.82, 2.24) is 15.0 Å². The van der Waals surface area contributed by atoms with Gasteiger partial charge in [-0.05, 0) is 63.4 Å². The highest BCUT2D eigenvalue weighted by Gasteiger charge is 2.17. The summed E-state index contributed by atoms with van der Waals surface area (Å²) in [5.41, 5.74) is 12.7. The summed E-state index contributed by atoms with van der Waals surface area (Å²) in [4.78, 5) is 15.5. The topological polar surface area (TPSA) is 38.7 Å². The van der Waals surface area contributed by atoms with Crippen LogP contribution >= 0.6 is 11.3 Å². The lowest BCUT2D eigenvalue weighted by Crippen LogP contribution is -1.94. The van der Waals surface area contributed by atoms with E-state index in [4.69, 9.17) is 15.0 Å². The van der Waals surface area contributed by atoms with E-state index in [1.165, 1.54) is 15.5 Å². The SMILES string of the molecule is c1ccc(-c2cc(-c3ccc(-c4cccc(-c5nc(-c6ccccc6)c6sc7ccccc7c6n5)c4)cc3)cc(-c3ccc4ccccc4c3)n2)cc1. The van der Waals surface area contributed by atoms with Crippen LogP contribution < -0.4 is 0 Å². The Hall–Kier alpha value is -6.75. The van der Waals surface area contributed by atoms with Crippen LogP contribution in [-0.2, 0) is 0 Å². The summed E-state index contributed by atoms with van der Waals surface area (Å²) in [6, 6.07) is 66.2. The van der Waals surface area contributed by atoms with Gasteiger partial charge in [0.1, 0.15) is 0 Å². The van der Waals surface area contributed by atoms with E-state index < -0.39 is 0 Å². The molecule has 0 radical (unpaired) electrons. The van der Waals surface area contributed by atoms with Crippen molar-refractivity contribution in [3.05, 3.63) is 188 Å². The molecule has 0 bridgehead atoms. The largest absolute Gasteiger partial charge is 0.248 e. The zero-order valence-electron chi connectivity index (χ0n) is 28.6. The molecule has 0 aliphatic rings. The molecule has 0 saturated heterocycles. The van der Waals surface area contributed by atoms with Gasteiger partial charge in [-0.1, -0.05) is 158 Å². The molecule has 3 nitrogen and oxygen atoms in total. The zero-order valence-corrected chi connectivity index (χ0v) is 29.5. The number of benzene rings is 7. The predicted octanol–water partition coefficient (Wildman–Crippen LogP) is 13.4. The Morgan fingerprint density at radius 1 is 0.340 bits per heavy atom. The van der Waals surface area contributed by atoms with Crippen molar-refractivity contribution in [1.29, 1.82) is 0 Å². The van der Waals surface area contributed by atoms with Gasteiger partial charge in [0.05, 0.1) is 27.3 Å². The second-order valence-corrected chi connectivity index (χ2v) is 14.3. The highest BCUT2D eigenvalue weighted by molar-refractivity contribution is 7.26. The van der Waals surface area contributed by atoms with E-state index in [0.717, 1.165) is 83.0 Å². The molecule has 0 spiro atoms. The van der Waals surface area contributed by atoms with Crippen LogP contribution in [0.15, 0.2) is 188 Å². The Morgan fingerprint density at radius 3 is 1.74 bits per heavy atom. The summed E-state index contributed by atoms with van der Waals surface area (Å²) in [5, 5.41) is 3.59. The highest BCUT2D eigenvalue weighted by atomic mass is 32.1. The lowest BCUT2D eigenvalue weighted by atomic mass is 9.96. The third kappa shape index (κ3) is 5.85. The lowest BCUT2D eigenvalue weighted by molar-refractivity contribution is 1.24. The molecule has 10 rings (SSSR count). The molecule has 10 aromatic rings. The Morgan fingerprint density at radius 2 is 0.943 bits per heavy atom. The Balaban J connectivity index is 1.04. The molecular formula is C49H31N3S. The van der Waals surface area contributed by atoms with E-state index in [9.17, 15) is 0 Å². The maximum atomic E-state index is 5.20. The van der Waals surface area contributed by atoms with E-state index in [1.807, 2.05) is 12.1 Å². The first-order valence-electron chi connectivity index (χ1n) is 17.8. The second kappa shape index (κ2) is 13.1. The first-order chi connectivity index (χ1) is 26.2. The first kappa shape index (κ1) is 31.0. The fourth-order valence-corrected chi connectivity index (χ4v) is 8.31. The number of hydrogen-bond acceptors (Lipinski definition) is 4. The van der Waals surface area contributed by atoms with Gasteiger partial charge in [-0.25, -0.2) is 15.0 Å². The van der Waals surface area contributed by atoms with Crippen LogP contribution in [0.5, 0.6) is 0 Å².